The highest BCUT2D eigenvalue weighted by Gasteiger charge is 2.68. The largest absolute Gasteiger partial charge is 0.508 e. The first-order valence-electron chi connectivity index (χ1n) is 22.3. The summed E-state index contributed by atoms with van der Waals surface area (Å²) in [5, 5.41) is 31.7. The van der Waals surface area contributed by atoms with Gasteiger partial charge in [-0.2, -0.15) is 4.99 Å². The molecule has 26 heteroatoms. The molecule has 3 aromatic carbocycles. The summed E-state index contributed by atoms with van der Waals surface area (Å²) in [6.45, 7) is 10.7. The fraction of sp³-hybridized carbons (Fsp3) is 0.435. The second-order valence-electron chi connectivity index (χ2n) is 17.0. The van der Waals surface area contributed by atoms with Gasteiger partial charge in [0.2, 0.25) is 11.3 Å². The molecule has 2 aliphatic heterocycles. The van der Waals surface area contributed by atoms with Crippen LogP contribution in [0.2, 0.25) is 0 Å². The predicted octanol–water partition coefficient (Wildman–Crippen LogP) is 8.08. The maximum Gasteiger partial charge on any atom is 0.508 e. The van der Waals surface area contributed by atoms with Gasteiger partial charge in [-0.25, -0.2) is 19.2 Å². The number of carbonyl (C=O) groups is 4. The van der Waals surface area contributed by atoms with Crippen molar-refractivity contribution < 1.29 is 71.3 Å². The maximum atomic E-state index is 15.3. The van der Waals surface area contributed by atoms with E-state index in [-0.39, 0.29) is 36.8 Å². The minimum atomic E-state index is -4.23. The molecule has 72 heavy (non-hydrogen) atoms. The number of non-ortho nitro benzene ring substituents is 3. The van der Waals surface area contributed by atoms with Crippen LogP contribution in [0.4, 0.5) is 26.7 Å². The Kier molecular flexibility index (Phi) is 19.3. The summed E-state index contributed by atoms with van der Waals surface area (Å²) in [5.74, 6) is -0.413. The molecule has 0 N–H and O–H groups in total. The number of nitrogens with zero attached hydrogens (tertiary/aromatic N) is 6. The fourth-order valence-corrected chi connectivity index (χ4v) is 12.0. The van der Waals surface area contributed by atoms with Gasteiger partial charge in [0.1, 0.15) is 42.7 Å². The number of hydrogen-bond acceptors (Lipinski definition) is 19. The van der Waals surface area contributed by atoms with Gasteiger partial charge in [0.15, 0.2) is 0 Å². The van der Waals surface area contributed by atoms with E-state index >= 15 is 4.79 Å². The van der Waals surface area contributed by atoms with Crippen LogP contribution in [0.5, 0.6) is 0 Å². The van der Waals surface area contributed by atoms with Gasteiger partial charge in [0.05, 0.1) is 39.4 Å². The highest BCUT2D eigenvalue weighted by molar-refractivity contribution is 8.00. The number of rotatable bonds is 23. The lowest BCUT2D eigenvalue weighted by Gasteiger charge is -2.56. The zero-order valence-corrected chi connectivity index (χ0v) is 41.9. The Labute approximate surface area is 417 Å². The number of β-lactam (4-membered cyclic amide) rings is 1. The molecule has 2 heterocycles. The summed E-state index contributed by atoms with van der Waals surface area (Å²) in [6.07, 6.45) is -3.31. The number of ether oxygens (including phenoxy) is 4. The smallest absolute Gasteiger partial charge is 0.456 e. The molecule has 2 fully saturated rings. The molecular weight excluding hydrogens is 988 g/mol. The van der Waals surface area contributed by atoms with E-state index < -0.39 is 98.9 Å². The molecule has 2 aliphatic rings. The molecule has 24 nitrogen and oxygen atoms in total. The van der Waals surface area contributed by atoms with Gasteiger partial charge in [-0.1, -0.05) is 0 Å². The number of thioether (sulfide) groups is 1. The van der Waals surface area contributed by atoms with Crippen molar-refractivity contribution in [1.29, 1.82) is 0 Å². The standard InChI is InChI=1S/C46H53N6O18PS/c1-29(2)68-71(69-30(3)4,70-31(5)6)40(41(54)64-25-33-8-14-36(15-9-33)50(58)59)49-42(55)46(21-23-53,32(7)67-45(57)66-27-35-12-18-38(19-13-35)52(62)63)43(49)72-39-20-22-48(24-39)28-47-44(56)65-26-34-10-16-37(17-11-34)51(60)61/h8-19,21,28-32,39,43H,20,22,24-27H2,1-7H3. The monoisotopic (exact) mass is 1040 g/mol. The Balaban J connectivity index is 1.53. The van der Waals surface area contributed by atoms with Crippen molar-refractivity contribution in [3.8, 4) is 0 Å². The Hall–Kier alpha value is -7.01. The average molecular weight is 1040 g/mol. The number of amides is 2. The van der Waals surface area contributed by atoms with Crippen molar-refractivity contribution in [3.63, 3.8) is 0 Å². The van der Waals surface area contributed by atoms with Gasteiger partial charge < -0.3 is 37.4 Å². The van der Waals surface area contributed by atoms with Gasteiger partial charge >= 0.3 is 18.2 Å². The molecule has 5 rings (SSSR count). The third-order valence-corrected chi connectivity index (χ3v) is 15.2. The van der Waals surface area contributed by atoms with Gasteiger partial charge in [-0.15, -0.1) is 11.8 Å². The van der Waals surface area contributed by atoms with E-state index in [9.17, 15) is 49.5 Å². The highest BCUT2D eigenvalue weighted by atomic mass is 32.2. The number of nitro benzene ring substituents is 3. The Bertz CT molecular complexity index is 2590. The minimum Gasteiger partial charge on any atom is -0.456 e. The number of nitro groups is 3. The second kappa shape index (κ2) is 24.9. The topological polar surface area (TPSA) is 298 Å². The van der Waals surface area contributed by atoms with Crippen molar-refractivity contribution in [1.82, 2.24) is 9.80 Å². The average Bonchev–Trinajstić information content (AvgIpc) is 3.78. The first kappa shape index (κ1) is 55.9. The van der Waals surface area contributed by atoms with E-state index in [2.05, 4.69) is 4.99 Å². The molecule has 386 valence electrons. The zero-order chi connectivity index (χ0) is 52.9. The zero-order valence-electron chi connectivity index (χ0n) is 40.2. The van der Waals surface area contributed by atoms with Crippen LogP contribution in [-0.4, -0.2) is 115 Å². The Morgan fingerprint density at radius 1 is 0.750 bits per heavy atom. The molecule has 0 aromatic heterocycles. The van der Waals surface area contributed by atoms with Crippen molar-refractivity contribution in [2.75, 3.05) is 13.1 Å². The molecule has 0 bridgehead atoms. The normalized spacial score (nSPS) is 18.1. The summed E-state index contributed by atoms with van der Waals surface area (Å²) in [7, 11) is -4.23. The molecule has 4 atom stereocenters. The van der Waals surface area contributed by atoms with Gasteiger partial charge in [-0.05, 0) is 108 Å². The summed E-state index contributed by atoms with van der Waals surface area (Å²) in [6, 6.07) is 15.8. The van der Waals surface area contributed by atoms with Crippen LogP contribution in [0.15, 0.2) is 83.9 Å². The van der Waals surface area contributed by atoms with Crippen LogP contribution in [0, 0.1) is 35.8 Å². The number of aliphatic imine (C=N–C) groups is 1. The van der Waals surface area contributed by atoms with Gasteiger partial charge in [0.25, 0.3) is 24.6 Å². The van der Waals surface area contributed by atoms with E-state index in [1.165, 1.54) is 86.1 Å². The first-order chi connectivity index (χ1) is 34.1. The van der Waals surface area contributed by atoms with Crippen LogP contribution in [0.25, 0.3) is 0 Å². The molecule has 2 amide bonds. The molecule has 3 aromatic rings. The lowest BCUT2D eigenvalue weighted by atomic mass is 9.73. The van der Waals surface area contributed by atoms with Crippen LogP contribution < -0.4 is 0 Å². The van der Waals surface area contributed by atoms with Crippen LogP contribution in [0.1, 0.15) is 71.6 Å². The van der Waals surface area contributed by atoms with E-state index in [1.807, 2.05) is 0 Å². The third kappa shape index (κ3) is 14.1. The van der Waals surface area contributed by atoms with Gasteiger partial charge in [0, 0.05) is 60.8 Å². The van der Waals surface area contributed by atoms with Crippen LogP contribution in [-0.2, 0) is 66.7 Å². The van der Waals surface area contributed by atoms with Crippen molar-refractivity contribution in [2.24, 2.45) is 10.4 Å². The second-order valence-corrected chi connectivity index (χ2v) is 20.4. The molecule has 0 aliphatic carbocycles. The first-order valence-corrected chi connectivity index (χ1v) is 24.8. The Morgan fingerprint density at radius 2 is 1.19 bits per heavy atom. The lowest BCUT2D eigenvalue weighted by molar-refractivity contribution is -0.385. The molecule has 4 unspecified atom stereocenters. The lowest BCUT2D eigenvalue weighted by Crippen LogP contribution is -2.74. The predicted molar refractivity (Wildman–Crippen MR) is 260 cm³/mol. The highest BCUT2D eigenvalue weighted by Crippen LogP contribution is 2.61. The third-order valence-electron chi connectivity index (χ3n) is 10.5. The molecule has 2 saturated heterocycles. The van der Waals surface area contributed by atoms with Crippen molar-refractivity contribution in [2.45, 2.75) is 110 Å². The number of hydrogen-bond donors (Lipinski definition) is 0. The summed E-state index contributed by atoms with van der Waals surface area (Å²) < 4.78 is 41.5. The molecule has 0 radical (unpaired) electrons. The van der Waals surface area contributed by atoms with Crippen LogP contribution >= 0.6 is 19.3 Å². The minimum absolute atomic E-state index is 0.133. The SMILES string of the molecule is CC(C)OP(OC(C)C)(OC(C)C)=C(C(=O)OCc1ccc([N+](=O)[O-])cc1)N1C(=O)C(C=C=O)(C(C)OC(=O)OCc2ccc([N+](=O)[O-])cc2)C1SC1CCN(C=NC(=O)OCc2ccc([N+](=O)[O-])cc2)C1. The van der Waals surface area contributed by atoms with E-state index in [1.54, 1.807) is 52.4 Å². The summed E-state index contributed by atoms with van der Waals surface area (Å²) in [4.78, 5) is 107. The summed E-state index contributed by atoms with van der Waals surface area (Å²) >= 11 is 1.11. The quantitative estimate of drug-likeness (QED) is 0.00997. The van der Waals surface area contributed by atoms with E-state index in [0.717, 1.165) is 22.7 Å². The fourth-order valence-electron chi connectivity index (χ4n) is 7.31. The van der Waals surface area contributed by atoms with Gasteiger partial charge in [-0.3, -0.25) is 40.0 Å². The Morgan fingerprint density at radius 3 is 1.62 bits per heavy atom. The molecule has 0 spiro atoms. The molecular formula is C46H53N6O18PS. The van der Waals surface area contributed by atoms with E-state index in [4.69, 9.17) is 32.5 Å². The number of esters is 1. The molecule has 0 saturated carbocycles. The van der Waals surface area contributed by atoms with Crippen molar-refractivity contribution in [3.05, 3.63) is 126 Å². The maximum absolute atomic E-state index is 15.3. The van der Waals surface area contributed by atoms with Crippen molar-refractivity contribution >= 4 is 78.2 Å². The number of carbonyl (C=O) groups excluding carboxylic acids is 5. The van der Waals surface area contributed by atoms with Crippen LogP contribution in [0.3, 0.4) is 0 Å². The summed E-state index contributed by atoms with van der Waals surface area (Å²) in [5.41, 5.74) is -1.92. The number of benzene rings is 3. The van der Waals surface area contributed by atoms with E-state index in [0.29, 0.717) is 29.7 Å². The number of likely N-dealkylation sites (tertiary alicyclic amines) is 2.